The third kappa shape index (κ3) is 14.3. The largest absolute Gasteiger partial charge is 0.493 e. The summed E-state index contributed by atoms with van der Waals surface area (Å²) in [5.74, 6) is 0.302. The van der Waals surface area contributed by atoms with Crippen LogP contribution in [0.15, 0.2) is 120 Å². The van der Waals surface area contributed by atoms with E-state index in [1.54, 1.807) is 84.9 Å². The quantitative estimate of drug-likeness (QED) is 0.0176. The average Bonchev–Trinajstić information content (AvgIpc) is 3.27. The minimum Gasteiger partial charge on any atom is -0.493 e. The van der Waals surface area contributed by atoms with Crippen molar-refractivity contribution in [3.05, 3.63) is 132 Å². The Morgan fingerprint density at radius 3 is 1.20 bits per heavy atom. The Morgan fingerprint density at radius 2 is 0.850 bits per heavy atom. The lowest BCUT2D eigenvalue weighted by atomic mass is 10.1. The predicted molar refractivity (Wildman–Crippen MR) is 225 cm³/mol. The summed E-state index contributed by atoms with van der Waals surface area (Å²) in [6.07, 6.45) is 4.77. The summed E-state index contributed by atoms with van der Waals surface area (Å²) in [6.45, 7) is 11.6. The number of benzene rings is 4. The van der Waals surface area contributed by atoms with Gasteiger partial charge in [-0.25, -0.2) is 19.2 Å². The van der Waals surface area contributed by atoms with Gasteiger partial charge in [0.2, 0.25) is 0 Å². The molecule has 0 bridgehead atoms. The van der Waals surface area contributed by atoms with Gasteiger partial charge in [-0.3, -0.25) is 0 Å². The molecule has 0 fully saturated rings. The number of hydrogen-bond donors (Lipinski definition) is 0. The lowest BCUT2D eigenvalue weighted by molar-refractivity contribution is -0.138. The maximum absolute atomic E-state index is 12.9. The molecule has 0 aliphatic heterocycles. The molecule has 60 heavy (non-hydrogen) atoms. The van der Waals surface area contributed by atoms with E-state index >= 15 is 0 Å². The molecule has 314 valence electrons. The molecule has 0 atom stereocenters. The van der Waals surface area contributed by atoms with Gasteiger partial charge in [0, 0.05) is 12.2 Å². The first-order chi connectivity index (χ1) is 29.0. The smallest absolute Gasteiger partial charge is 0.343 e. The zero-order valence-corrected chi connectivity index (χ0v) is 34.1. The number of ether oxygens (including phenoxy) is 8. The molecule has 0 aromatic heterocycles. The van der Waals surface area contributed by atoms with Crippen LogP contribution in [0.1, 0.15) is 71.4 Å². The van der Waals surface area contributed by atoms with E-state index < -0.39 is 23.9 Å². The van der Waals surface area contributed by atoms with E-state index in [4.69, 9.17) is 37.9 Å². The molecule has 0 N–H and O–H groups in total. The molecule has 0 heterocycles. The third-order valence-corrected chi connectivity index (χ3v) is 8.53. The molecule has 0 aliphatic carbocycles. The number of esters is 4. The first-order valence-corrected chi connectivity index (χ1v) is 19.0. The van der Waals surface area contributed by atoms with Crippen molar-refractivity contribution in [2.45, 2.75) is 39.5 Å². The van der Waals surface area contributed by atoms with Gasteiger partial charge >= 0.3 is 23.9 Å². The van der Waals surface area contributed by atoms with Crippen LogP contribution < -0.4 is 28.4 Å². The van der Waals surface area contributed by atoms with Crippen molar-refractivity contribution in [2.24, 2.45) is 10.2 Å². The molecule has 0 aliphatic rings. The molecule has 14 nitrogen and oxygen atoms in total. The van der Waals surface area contributed by atoms with E-state index in [9.17, 15) is 19.2 Å². The topological polar surface area (TPSA) is 167 Å². The average molecular weight is 821 g/mol. The van der Waals surface area contributed by atoms with Crippen LogP contribution in [0.5, 0.6) is 34.5 Å². The maximum atomic E-state index is 12.9. The first kappa shape index (κ1) is 45.5. The van der Waals surface area contributed by atoms with E-state index in [1.807, 2.05) is 13.8 Å². The summed E-state index contributed by atoms with van der Waals surface area (Å²) in [4.78, 5) is 48.1. The van der Waals surface area contributed by atoms with E-state index in [0.717, 1.165) is 23.3 Å². The lowest BCUT2D eigenvalue weighted by Crippen LogP contribution is -2.09. The van der Waals surface area contributed by atoms with Crippen LogP contribution in [0.4, 0.5) is 0 Å². The van der Waals surface area contributed by atoms with Gasteiger partial charge < -0.3 is 37.9 Å². The minimum absolute atomic E-state index is 0.271. The molecule has 4 aromatic rings. The highest BCUT2D eigenvalue weighted by Crippen LogP contribution is 2.30. The second-order valence-corrected chi connectivity index (χ2v) is 12.8. The van der Waals surface area contributed by atoms with Crippen molar-refractivity contribution in [1.82, 2.24) is 0 Å². The highest BCUT2D eigenvalue weighted by Gasteiger charge is 2.16. The van der Waals surface area contributed by atoms with Crippen molar-refractivity contribution >= 4 is 35.3 Å². The number of unbranched alkanes of at least 4 members (excludes halogenated alkanes) is 2. The van der Waals surface area contributed by atoms with Crippen LogP contribution in [0, 0.1) is 0 Å². The fourth-order valence-corrected chi connectivity index (χ4v) is 5.19. The van der Waals surface area contributed by atoms with Gasteiger partial charge in [0.15, 0.2) is 23.0 Å². The summed E-state index contributed by atoms with van der Waals surface area (Å²) in [6, 6.07) is 23.3. The molecule has 0 saturated heterocycles. The second kappa shape index (κ2) is 23.9. The first-order valence-electron chi connectivity index (χ1n) is 19.0. The number of hydrogen-bond acceptors (Lipinski definition) is 14. The summed E-state index contributed by atoms with van der Waals surface area (Å²) in [7, 11) is 2.96. The number of methoxy groups -OCH3 is 2. The second-order valence-electron chi connectivity index (χ2n) is 12.8. The van der Waals surface area contributed by atoms with Gasteiger partial charge in [-0.15, -0.1) is 0 Å². The molecule has 14 heteroatoms. The third-order valence-electron chi connectivity index (χ3n) is 8.53. The highest BCUT2D eigenvalue weighted by molar-refractivity contribution is 6.02. The van der Waals surface area contributed by atoms with Crippen LogP contribution >= 0.6 is 0 Å². The van der Waals surface area contributed by atoms with E-state index in [0.29, 0.717) is 84.8 Å². The number of nitrogens with zero attached hydrogens (tertiary/aromatic N) is 2. The summed E-state index contributed by atoms with van der Waals surface area (Å²) in [5, 5.41) is 8.75. The van der Waals surface area contributed by atoms with Crippen LogP contribution in [-0.2, 0) is 19.1 Å². The minimum atomic E-state index is -0.571. The molecule has 0 amide bonds. The van der Waals surface area contributed by atoms with Gasteiger partial charge in [0.25, 0.3) is 0 Å². The Labute approximate surface area is 349 Å². The molecule has 0 saturated carbocycles. The van der Waals surface area contributed by atoms with Crippen molar-refractivity contribution in [1.29, 1.82) is 0 Å². The Kier molecular flexibility index (Phi) is 18.1. The summed E-state index contributed by atoms with van der Waals surface area (Å²) in [5.41, 5.74) is 3.37. The van der Waals surface area contributed by atoms with Gasteiger partial charge in [-0.2, -0.15) is 10.2 Å². The molecular formula is C46H48N2O12. The van der Waals surface area contributed by atoms with Gasteiger partial charge in [-0.1, -0.05) is 13.2 Å². The van der Waals surface area contributed by atoms with Gasteiger partial charge in [-0.05, 0) is 136 Å². The molecule has 0 radical (unpaired) electrons. The normalized spacial score (nSPS) is 11.1. The monoisotopic (exact) mass is 820 g/mol. The van der Waals surface area contributed by atoms with E-state index in [-0.39, 0.29) is 24.3 Å². The fraction of sp³-hybridized carbons (Fsp3) is 0.261. The van der Waals surface area contributed by atoms with Crippen molar-refractivity contribution in [2.75, 3.05) is 40.6 Å². The summed E-state index contributed by atoms with van der Waals surface area (Å²) >= 11 is 0. The summed E-state index contributed by atoms with van der Waals surface area (Å²) < 4.78 is 43.5. The molecular weight excluding hydrogens is 773 g/mol. The lowest BCUT2D eigenvalue weighted by Gasteiger charge is -2.12. The zero-order chi connectivity index (χ0) is 43.3. The molecule has 0 spiro atoms. The predicted octanol–water partition coefficient (Wildman–Crippen LogP) is 8.15. The highest BCUT2D eigenvalue weighted by atomic mass is 16.6. The van der Waals surface area contributed by atoms with Gasteiger partial charge in [0.05, 0.1) is 63.2 Å². The number of carbonyl (C=O) groups is 4. The number of carbonyl (C=O) groups excluding carboxylic acids is 4. The number of rotatable bonds is 23. The van der Waals surface area contributed by atoms with Crippen molar-refractivity contribution in [3.63, 3.8) is 0 Å². The Hall–Kier alpha value is -7.22. The van der Waals surface area contributed by atoms with Crippen LogP contribution in [-0.4, -0.2) is 75.9 Å². The Morgan fingerprint density at radius 1 is 0.500 bits per heavy atom. The Balaban J connectivity index is 1.26. The standard InChI is InChI=1S/C46H48N2O12/c1-7-43(49)57-27-11-9-25-55-39-23-17-35(29-41(39)53-5)45(51)59-37-19-13-33(14-20-37)31(3)47-48-32(4)34-15-21-38(22-16-34)60-46(52)36-18-24-40(42(30-36)54-6)56-26-10-12-28-58-44(50)8-2/h7-8,13-24,29-30H,1-2,9-12,25-28H2,3-6H3/b47-31+,48-32+. The van der Waals surface area contributed by atoms with Crippen molar-refractivity contribution < 1.29 is 57.1 Å². The van der Waals surface area contributed by atoms with Gasteiger partial charge in [0.1, 0.15) is 11.5 Å². The fourth-order valence-electron chi connectivity index (χ4n) is 5.19. The molecule has 0 unspecified atom stereocenters. The van der Waals surface area contributed by atoms with Crippen molar-refractivity contribution in [3.8, 4) is 34.5 Å². The van der Waals surface area contributed by atoms with Crippen LogP contribution in [0.25, 0.3) is 0 Å². The van der Waals surface area contributed by atoms with E-state index in [1.165, 1.54) is 14.2 Å². The maximum Gasteiger partial charge on any atom is 0.343 e. The molecule has 4 aromatic carbocycles. The van der Waals surface area contributed by atoms with Crippen LogP contribution in [0.2, 0.25) is 0 Å². The molecule has 4 rings (SSSR count). The Bertz CT molecular complexity index is 2020. The SMILES string of the molecule is C=CC(=O)OCCCCOc1ccc(C(=O)Oc2ccc(/C(C)=N/N=C(\C)c3ccc(OC(=O)c4ccc(OCCCCOC(=O)C=C)c(OC)c4)cc3)cc2)cc1OC. The van der Waals surface area contributed by atoms with Crippen LogP contribution in [0.3, 0.4) is 0 Å². The zero-order valence-electron chi connectivity index (χ0n) is 34.1. The van der Waals surface area contributed by atoms with E-state index in [2.05, 4.69) is 23.4 Å².